The maximum absolute atomic E-state index is 6.80. The third-order valence-corrected chi connectivity index (χ3v) is 7.55. The summed E-state index contributed by atoms with van der Waals surface area (Å²) in [5.41, 5.74) is 5.37. The number of hydrogen-bond acceptors (Lipinski definition) is 8. The quantitative estimate of drug-likeness (QED) is 0.287. The fraction of sp³-hybridized carbons (Fsp3) is 0.414. The van der Waals surface area contributed by atoms with Gasteiger partial charge in [0.05, 0.1) is 6.33 Å². The first-order valence-corrected chi connectivity index (χ1v) is 13.2. The molecule has 0 radical (unpaired) electrons. The first-order valence-electron chi connectivity index (χ1n) is 12.8. The van der Waals surface area contributed by atoms with E-state index < -0.39 is 28.7 Å². The molecule has 1 aliphatic heterocycles. The fourth-order valence-corrected chi connectivity index (χ4v) is 5.75. The van der Waals surface area contributed by atoms with Crippen LogP contribution in [-0.2, 0) is 16.0 Å². The normalized spacial score (nSPS) is 24.9. The van der Waals surface area contributed by atoms with Crippen molar-refractivity contribution in [1.82, 2.24) is 19.5 Å². The van der Waals surface area contributed by atoms with Gasteiger partial charge >= 0.3 is 0 Å². The maximum Gasteiger partial charge on any atom is 0.224 e. The monoisotopic (exact) mass is 551 g/mol. The van der Waals surface area contributed by atoms with Crippen LogP contribution in [0.25, 0.3) is 11.2 Å². The minimum absolute atomic E-state index is 0.0525. The van der Waals surface area contributed by atoms with Crippen LogP contribution in [0.15, 0.2) is 67.0 Å². The lowest BCUT2D eigenvalue weighted by molar-refractivity contribution is -0.472. The van der Waals surface area contributed by atoms with E-state index in [1.165, 1.54) is 0 Å². The zero-order valence-electron chi connectivity index (χ0n) is 23.0. The Bertz CT molecular complexity index is 1460. The summed E-state index contributed by atoms with van der Waals surface area (Å²) in [7, 11) is 0. The van der Waals surface area contributed by atoms with Crippen molar-refractivity contribution < 1.29 is 18.9 Å². The molecule has 9 nitrogen and oxygen atoms in total. The molecule has 39 heavy (non-hydrogen) atoms. The van der Waals surface area contributed by atoms with Crippen LogP contribution >= 0.6 is 11.6 Å². The molecule has 4 aromatic rings. The van der Waals surface area contributed by atoms with Crippen molar-refractivity contribution >= 4 is 28.7 Å². The van der Waals surface area contributed by atoms with Crippen molar-refractivity contribution in [1.29, 1.82) is 0 Å². The number of rotatable bonds is 6. The molecule has 2 N–H and O–H groups in total. The molecule has 2 aromatic heterocycles. The Labute approximate surface area is 233 Å². The van der Waals surface area contributed by atoms with E-state index in [0.717, 1.165) is 0 Å². The van der Waals surface area contributed by atoms with Crippen molar-refractivity contribution in [2.24, 2.45) is 10.8 Å². The Morgan fingerprint density at radius 3 is 2.21 bits per heavy atom. The second kappa shape index (κ2) is 9.66. The molecule has 2 aromatic carbocycles. The molecule has 0 amide bonds. The molecule has 3 atom stereocenters. The maximum atomic E-state index is 6.80. The summed E-state index contributed by atoms with van der Waals surface area (Å²) < 4.78 is 28.7. The Balaban J connectivity index is 1.74. The lowest BCUT2D eigenvalue weighted by Gasteiger charge is -2.62. The van der Waals surface area contributed by atoms with E-state index in [9.17, 15) is 0 Å². The Morgan fingerprint density at radius 2 is 1.59 bits per heavy atom. The van der Waals surface area contributed by atoms with Gasteiger partial charge in [-0.05, 0) is 43.5 Å². The summed E-state index contributed by atoms with van der Waals surface area (Å²) in [5.74, 6) is -0.968. The Kier molecular flexibility index (Phi) is 6.73. The van der Waals surface area contributed by atoms with Crippen LogP contribution in [0.4, 0.5) is 5.95 Å². The third kappa shape index (κ3) is 4.90. The molecule has 206 valence electrons. The fourth-order valence-electron chi connectivity index (χ4n) is 5.53. The number of ether oxygens (including phenoxy) is 4. The number of nitrogen functional groups attached to an aromatic ring is 1. The van der Waals surface area contributed by atoms with Crippen LogP contribution in [-0.4, -0.2) is 37.4 Å². The Morgan fingerprint density at radius 1 is 0.974 bits per heavy atom. The van der Waals surface area contributed by atoms with Crippen LogP contribution in [0, 0.1) is 10.8 Å². The molecule has 3 unspecified atom stereocenters. The van der Waals surface area contributed by atoms with E-state index >= 15 is 0 Å². The number of hydrogen-bond donors (Lipinski definition) is 1. The van der Waals surface area contributed by atoms with Gasteiger partial charge in [-0.2, -0.15) is 9.97 Å². The summed E-state index contributed by atoms with van der Waals surface area (Å²) >= 11 is 6.37. The predicted molar refractivity (Wildman–Crippen MR) is 149 cm³/mol. The average Bonchev–Trinajstić information content (AvgIpc) is 3.24. The highest BCUT2D eigenvalue weighted by Crippen LogP contribution is 2.58. The summed E-state index contributed by atoms with van der Waals surface area (Å²) in [5, 5.41) is 0.179. The molecular weight excluding hydrogens is 518 g/mol. The van der Waals surface area contributed by atoms with Crippen molar-refractivity contribution in [2.75, 3.05) is 5.73 Å². The second-order valence-corrected chi connectivity index (χ2v) is 11.7. The van der Waals surface area contributed by atoms with Gasteiger partial charge in [-0.15, -0.1) is 0 Å². The van der Waals surface area contributed by atoms with Gasteiger partial charge in [0, 0.05) is 13.5 Å². The number of para-hydroxylation sites is 2. The Hall–Kier alpha value is -3.40. The van der Waals surface area contributed by atoms with Crippen molar-refractivity contribution in [2.45, 2.75) is 66.0 Å². The SMILES string of the molecule is CC1(C)OC(Oc2ccccc2)C(Cn2cnc3c(Cl)nc(N)nc32)(C(C)(C)C)C(C)(Oc2ccccc2)O1. The van der Waals surface area contributed by atoms with Gasteiger partial charge < -0.3 is 29.2 Å². The van der Waals surface area contributed by atoms with E-state index in [1.54, 1.807) is 6.33 Å². The van der Waals surface area contributed by atoms with Crippen molar-refractivity contribution in [3.05, 3.63) is 72.1 Å². The molecule has 0 spiro atoms. The minimum Gasteiger partial charge on any atom is -0.464 e. The van der Waals surface area contributed by atoms with Crippen LogP contribution in [0.3, 0.4) is 0 Å². The van der Waals surface area contributed by atoms with E-state index in [1.807, 2.05) is 86.0 Å². The first-order chi connectivity index (χ1) is 18.3. The van der Waals surface area contributed by atoms with Crippen LogP contribution in [0.2, 0.25) is 5.15 Å². The summed E-state index contributed by atoms with van der Waals surface area (Å²) in [6, 6.07) is 19.2. The predicted octanol–water partition coefficient (Wildman–Crippen LogP) is 6.08. The number of fused-ring (bicyclic) bond motifs is 1. The smallest absolute Gasteiger partial charge is 0.224 e. The summed E-state index contributed by atoms with van der Waals surface area (Å²) in [6.45, 7) is 12.3. The summed E-state index contributed by atoms with van der Waals surface area (Å²) in [6.07, 6.45) is 0.838. The number of nitrogens with two attached hydrogens (primary N) is 1. The van der Waals surface area contributed by atoms with Crippen LogP contribution < -0.4 is 15.2 Å². The average molecular weight is 552 g/mol. The number of halogens is 1. The molecule has 3 heterocycles. The van der Waals surface area contributed by atoms with Gasteiger partial charge in [-0.1, -0.05) is 68.8 Å². The zero-order chi connectivity index (χ0) is 28.1. The van der Waals surface area contributed by atoms with Crippen LogP contribution in [0.1, 0.15) is 41.5 Å². The molecule has 0 aliphatic carbocycles. The number of imidazole rings is 1. The van der Waals surface area contributed by atoms with Crippen LogP contribution in [0.5, 0.6) is 11.5 Å². The standard InChI is InChI=1S/C29H34ClN5O4/c1-26(2,3)29(17-35-18-32-21-22(30)33-25(31)34-23(21)35)24(36-19-13-9-7-10-14-19)38-27(4,5)39-28(29,6)37-20-15-11-8-12-16-20/h7-16,18,24H,17H2,1-6H3,(H2,31,33,34). The third-order valence-electron chi connectivity index (χ3n) is 7.28. The zero-order valence-corrected chi connectivity index (χ0v) is 23.8. The molecule has 10 heteroatoms. The number of aromatic nitrogens is 4. The molecule has 5 rings (SSSR count). The number of anilines is 1. The summed E-state index contributed by atoms with van der Waals surface area (Å²) in [4.78, 5) is 13.0. The van der Waals surface area contributed by atoms with Crippen molar-refractivity contribution in [3.63, 3.8) is 0 Å². The topological polar surface area (TPSA) is 107 Å². The lowest BCUT2D eigenvalue weighted by atomic mass is 9.60. The van der Waals surface area contributed by atoms with E-state index in [0.29, 0.717) is 22.7 Å². The number of benzene rings is 2. The second-order valence-electron chi connectivity index (χ2n) is 11.4. The van der Waals surface area contributed by atoms with E-state index in [4.69, 9.17) is 36.3 Å². The lowest BCUT2D eigenvalue weighted by Crippen LogP contribution is -2.73. The molecule has 1 aliphatic rings. The van der Waals surface area contributed by atoms with Gasteiger partial charge in [-0.25, -0.2) is 4.98 Å². The molecular formula is C29H34ClN5O4. The van der Waals surface area contributed by atoms with Gasteiger partial charge in [0.25, 0.3) is 0 Å². The van der Waals surface area contributed by atoms with Gasteiger partial charge in [0.15, 0.2) is 16.6 Å². The minimum atomic E-state index is -1.27. The highest BCUT2D eigenvalue weighted by Gasteiger charge is 2.70. The van der Waals surface area contributed by atoms with Gasteiger partial charge in [0.2, 0.25) is 18.0 Å². The highest BCUT2D eigenvalue weighted by atomic mass is 35.5. The molecule has 1 saturated heterocycles. The van der Waals surface area contributed by atoms with E-state index in [2.05, 4.69) is 35.7 Å². The highest BCUT2D eigenvalue weighted by molar-refractivity contribution is 6.33. The largest absolute Gasteiger partial charge is 0.464 e. The number of nitrogens with zero attached hydrogens (tertiary/aromatic N) is 4. The van der Waals surface area contributed by atoms with Crippen molar-refractivity contribution in [3.8, 4) is 11.5 Å². The van der Waals surface area contributed by atoms with E-state index in [-0.39, 0.29) is 17.6 Å². The first kappa shape index (κ1) is 27.2. The molecule has 0 bridgehead atoms. The molecule has 1 fully saturated rings. The van der Waals surface area contributed by atoms with Gasteiger partial charge in [-0.3, -0.25) is 0 Å². The molecule has 0 saturated carbocycles. The van der Waals surface area contributed by atoms with Gasteiger partial charge in [0.1, 0.15) is 22.4 Å².